The van der Waals surface area contributed by atoms with Crippen molar-refractivity contribution in [3.63, 3.8) is 0 Å². The first-order valence-corrected chi connectivity index (χ1v) is 11.6. The lowest BCUT2D eigenvalue weighted by atomic mass is 9.97. The number of amides is 5. The van der Waals surface area contributed by atoms with E-state index in [0.29, 0.717) is 31.0 Å². The summed E-state index contributed by atoms with van der Waals surface area (Å²) in [6.45, 7) is 3.86. The molecule has 5 amide bonds. The minimum Gasteiger partial charge on any atom is -0.356 e. The molecule has 1 aliphatic heterocycles. The van der Waals surface area contributed by atoms with Crippen LogP contribution in [-0.4, -0.2) is 48.5 Å². The molecule has 0 radical (unpaired) electrons. The monoisotopic (exact) mass is 429 g/mol. The van der Waals surface area contributed by atoms with Crippen molar-refractivity contribution in [3.8, 4) is 0 Å². The number of likely N-dealkylation sites (tertiary alicyclic amines) is 1. The van der Waals surface area contributed by atoms with Gasteiger partial charge in [0.2, 0.25) is 5.91 Å². The molecule has 1 unspecified atom stereocenters. The third-order valence-electron chi connectivity index (χ3n) is 5.99. The molecule has 3 rings (SSSR count). The van der Waals surface area contributed by atoms with E-state index in [1.54, 1.807) is 29.2 Å². The van der Waals surface area contributed by atoms with Crippen LogP contribution in [0.4, 0.5) is 21.0 Å². The molecule has 4 N–H and O–H groups in total. The van der Waals surface area contributed by atoms with E-state index in [2.05, 4.69) is 28.2 Å². The molecule has 1 heterocycles. The highest BCUT2D eigenvalue weighted by Crippen LogP contribution is 2.20. The summed E-state index contributed by atoms with van der Waals surface area (Å²) in [5.74, 6) is -0.112. The van der Waals surface area contributed by atoms with Crippen molar-refractivity contribution in [1.82, 2.24) is 15.5 Å². The summed E-state index contributed by atoms with van der Waals surface area (Å²) in [6, 6.07) is 6.93. The highest BCUT2D eigenvalue weighted by Gasteiger charge is 2.28. The summed E-state index contributed by atoms with van der Waals surface area (Å²) in [7, 11) is 0. The number of hydrogen-bond donors (Lipinski definition) is 4. The molecule has 0 aromatic heterocycles. The number of urea groups is 2. The van der Waals surface area contributed by atoms with Gasteiger partial charge in [0.15, 0.2) is 0 Å². The Morgan fingerprint density at radius 3 is 2.32 bits per heavy atom. The highest BCUT2D eigenvalue weighted by molar-refractivity contribution is 5.92. The van der Waals surface area contributed by atoms with Gasteiger partial charge in [-0.1, -0.05) is 26.2 Å². The van der Waals surface area contributed by atoms with Gasteiger partial charge in [0.25, 0.3) is 0 Å². The molecule has 1 aromatic carbocycles. The predicted octanol–water partition coefficient (Wildman–Crippen LogP) is 3.91. The summed E-state index contributed by atoms with van der Waals surface area (Å²) < 4.78 is 0. The summed E-state index contributed by atoms with van der Waals surface area (Å²) in [5.41, 5.74) is 1.33. The lowest BCUT2D eigenvalue weighted by Crippen LogP contribution is -2.47. The molecule has 170 valence electrons. The number of nitrogens with one attached hydrogen (secondary N) is 4. The van der Waals surface area contributed by atoms with Gasteiger partial charge in [0.05, 0.1) is 5.92 Å². The van der Waals surface area contributed by atoms with Crippen LogP contribution >= 0.6 is 0 Å². The van der Waals surface area contributed by atoms with Crippen molar-refractivity contribution in [3.05, 3.63) is 24.3 Å². The predicted molar refractivity (Wildman–Crippen MR) is 122 cm³/mol. The Hall–Kier alpha value is -2.77. The van der Waals surface area contributed by atoms with Gasteiger partial charge < -0.3 is 26.2 Å². The number of carbonyl (C=O) groups is 3. The van der Waals surface area contributed by atoms with Gasteiger partial charge in [-0.25, -0.2) is 9.59 Å². The maximum absolute atomic E-state index is 12.7. The second-order valence-electron chi connectivity index (χ2n) is 8.52. The summed E-state index contributed by atoms with van der Waals surface area (Å²) in [4.78, 5) is 38.8. The Bertz CT molecular complexity index is 746. The van der Waals surface area contributed by atoms with Crippen molar-refractivity contribution >= 4 is 29.3 Å². The number of rotatable bonds is 7. The number of hydrogen-bond acceptors (Lipinski definition) is 3. The average Bonchev–Trinajstić information content (AvgIpc) is 3.28. The molecule has 0 spiro atoms. The van der Waals surface area contributed by atoms with Crippen LogP contribution in [0.3, 0.4) is 0 Å². The zero-order chi connectivity index (χ0) is 22.1. The maximum Gasteiger partial charge on any atom is 0.321 e. The van der Waals surface area contributed by atoms with E-state index in [9.17, 15) is 14.4 Å². The molecule has 1 saturated carbocycles. The van der Waals surface area contributed by atoms with Gasteiger partial charge in [-0.05, 0) is 56.4 Å². The summed E-state index contributed by atoms with van der Waals surface area (Å²) in [6.07, 6.45) is 8.05. The molecule has 1 saturated heterocycles. The maximum atomic E-state index is 12.7. The minimum atomic E-state index is -0.203. The number of nitrogens with zero attached hydrogens (tertiary/aromatic N) is 1. The third kappa shape index (κ3) is 7.15. The molecule has 31 heavy (non-hydrogen) atoms. The zero-order valence-corrected chi connectivity index (χ0v) is 18.4. The first kappa shape index (κ1) is 22.9. The molecule has 2 aliphatic rings. The van der Waals surface area contributed by atoms with E-state index < -0.39 is 0 Å². The number of anilines is 2. The number of benzene rings is 1. The Balaban J connectivity index is 1.45. The van der Waals surface area contributed by atoms with E-state index in [-0.39, 0.29) is 29.9 Å². The fraction of sp³-hybridized carbons (Fsp3) is 0.609. The lowest BCUT2D eigenvalue weighted by Gasteiger charge is -2.32. The second-order valence-corrected chi connectivity index (χ2v) is 8.52. The highest BCUT2D eigenvalue weighted by atomic mass is 16.2. The van der Waals surface area contributed by atoms with Crippen molar-refractivity contribution < 1.29 is 14.4 Å². The van der Waals surface area contributed by atoms with Crippen LogP contribution in [0.2, 0.25) is 0 Å². The number of unbranched alkanes of at least 4 members (excludes halogenated alkanes) is 1. The SMILES string of the molecule is CCCCNC(=O)C1CCCN(C(=O)Nc2ccc(NC(=O)NC3CCCC3)cc2)C1. The number of carbonyl (C=O) groups excluding carboxylic acids is 3. The normalized spacial score (nSPS) is 19.0. The fourth-order valence-corrected chi connectivity index (χ4v) is 4.17. The molecule has 1 atom stereocenters. The second kappa shape index (κ2) is 11.6. The Morgan fingerprint density at radius 2 is 1.65 bits per heavy atom. The van der Waals surface area contributed by atoms with Gasteiger partial charge in [-0.2, -0.15) is 0 Å². The van der Waals surface area contributed by atoms with E-state index in [0.717, 1.165) is 38.5 Å². The van der Waals surface area contributed by atoms with Crippen LogP contribution in [0, 0.1) is 5.92 Å². The zero-order valence-electron chi connectivity index (χ0n) is 18.4. The first-order chi connectivity index (χ1) is 15.0. The largest absolute Gasteiger partial charge is 0.356 e. The standard InChI is InChI=1S/C23H35N5O3/c1-2-3-14-24-21(29)17-7-6-15-28(16-17)23(31)27-20-12-10-19(11-13-20)26-22(30)25-18-8-4-5-9-18/h10-13,17-18H,2-9,14-16H2,1H3,(H,24,29)(H,27,31)(H2,25,26,30). The smallest absolute Gasteiger partial charge is 0.321 e. The van der Waals surface area contributed by atoms with Crippen LogP contribution in [0.1, 0.15) is 58.3 Å². The van der Waals surface area contributed by atoms with Gasteiger partial charge in [-0.15, -0.1) is 0 Å². The minimum absolute atomic E-state index is 0.0391. The molecule has 8 heteroatoms. The molecule has 1 aromatic rings. The fourth-order valence-electron chi connectivity index (χ4n) is 4.17. The van der Waals surface area contributed by atoms with E-state index >= 15 is 0 Å². The Labute approximate surface area is 184 Å². The third-order valence-corrected chi connectivity index (χ3v) is 5.99. The molecule has 8 nitrogen and oxygen atoms in total. The Morgan fingerprint density at radius 1 is 0.968 bits per heavy atom. The number of piperidine rings is 1. The summed E-state index contributed by atoms with van der Waals surface area (Å²) >= 11 is 0. The van der Waals surface area contributed by atoms with E-state index in [1.807, 2.05) is 0 Å². The quantitative estimate of drug-likeness (QED) is 0.494. The van der Waals surface area contributed by atoms with Crippen LogP contribution in [0.15, 0.2) is 24.3 Å². The molecule has 0 bridgehead atoms. The Kier molecular flexibility index (Phi) is 8.55. The molecule has 2 fully saturated rings. The molecular weight excluding hydrogens is 394 g/mol. The van der Waals surface area contributed by atoms with Crippen molar-refractivity contribution in [2.75, 3.05) is 30.3 Å². The summed E-state index contributed by atoms with van der Waals surface area (Å²) in [5, 5.41) is 11.7. The van der Waals surface area contributed by atoms with Gasteiger partial charge in [0, 0.05) is 37.1 Å². The van der Waals surface area contributed by atoms with Gasteiger partial charge >= 0.3 is 12.1 Å². The van der Waals surface area contributed by atoms with Crippen molar-refractivity contribution in [1.29, 1.82) is 0 Å². The van der Waals surface area contributed by atoms with Crippen molar-refractivity contribution in [2.45, 2.75) is 64.3 Å². The average molecular weight is 430 g/mol. The molecule has 1 aliphatic carbocycles. The van der Waals surface area contributed by atoms with Crippen LogP contribution in [0.5, 0.6) is 0 Å². The van der Waals surface area contributed by atoms with E-state index in [4.69, 9.17) is 0 Å². The van der Waals surface area contributed by atoms with E-state index in [1.165, 1.54) is 12.8 Å². The van der Waals surface area contributed by atoms with Gasteiger partial charge in [0.1, 0.15) is 0 Å². The van der Waals surface area contributed by atoms with Crippen LogP contribution in [-0.2, 0) is 4.79 Å². The van der Waals surface area contributed by atoms with Gasteiger partial charge in [-0.3, -0.25) is 4.79 Å². The first-order valence-electron chi connectivity index (χ1n) is 11.6. The van der Waals surface area contributed by atoms with Crippen LogP contribution in [0.25, 0.3) is 0 Å². The lowest BCUT2D eigenvalue weighted by molar-refractivity contribution is -0.126. The molecular formula is C23H35N5O3. The van der Waals surface area contributed by atoms with Crippen molar-refractivity contribution in [2.24, 2.45) is 5.92 Å². The topological polar surface area (TPSA) is 103 Å². The van der Waals surface area contributed by atoms with Crippen LogP contribution < -0.4 is 21.3 Å².